The highest BCUT2D eigenvalue weighted by Crippen LogP contribution is 2.21. The van der Waals surface area contributed by atoms with Crippen LogP contribution in [-0.2, 0) is 11.3 Å². The molecular formula is C12H20N4O4. The van der Waals surface area contributed by atoms with E-state index >= 15 is 0 Å². The van der Waals surface area contributed by atoms with Gasteiger partial charge in [0.2, 0.25) is 0 Å². The first kappa shape index (κ1) is 14.6. The molecule has 1 saturated heterocycles. The van der Waals surface area contributed by atoms with Gasteiger partial charge < -0.3 is 20.5 Å². The predicted octanol–water partition coefficient (Wildman–Crippen LogP) is -1.27. The molecule has 0 saturated carbocycles. The second-order valence-electron chi connectivity index (χ2n) is 4.75. The second-order valence-corrected chi connectivity index (χ2v) is 4.75. The van der Waals surface area contributed by atoms with Gasteiger partial charge in [0.05, 0.1) is 25.9 Å². The summed E-state index contributed by atoms with van der Waals surface area (Å²) < 4.78 is 6.63. The number of H-pyrrole nitrogens is 1. The lowest BCUT2D eigenvalue weighted by molar-refractivity contribution is 0.0726. The van der Waals surface area contributed by atoms with Crippen LogP contribution in [0.4, 0.5) is 11.5 Å². The summed E-state index contributed by atoms with van der Waals surface area (Å²) >= 11 is 0. The van der Waals surface area contributed by atoms with E-state index in [9.17, 15) is 14.7 Å². The number of nitrogens with two attached hydrogens (primary N) is 1. The minimum atomic E-state index is -0.528. The topological polar surface area (TPSA) is 114 Å². The maximum Gasteiger partial charge on any atom is 0.330 e. The summed E-state index contributed by atoms with van der Waals surface area (Å²) in [6.07, 6.45) is 0.724. The van der Waals surface area contributed by atoms with Crippen LogP contribution < -0.4 is 21.9 Å². The van der Waals surface area contributed by atoms with Crippen molar-refractivity contribution in [2.75, 3.05) is 37.0 Å². The fourth-order valence-corrected chi connectivity index (χ4v) is 2.40. The van der Waals surface area contributed by atoms with Crippen molar-refractivity contribution in [3.63, 3.8) is 0 Å². The Morgan fingerprint density at radius 1 is 1.50 bits per heavy atom. The number of morpholine rings is 1. The molecule has 0 aromatic carbocycles. The lowest BCUT2D eigenvalue weighted by Gasteiger charge is -2.36. The number of nitrogens with zero attached hydrogens (tertiary/aromatic N) is 2. The zero-order valence-corrected chi connectivity index (χ0v) is 11.5. The van der Waals surface area contributed by atoms with Crippen LogP contribution in [0.25, 0.3) is 0 Å². The Hall–Kier alpha value is -1.80. The molecule has 1 unspecified atom stereocenters. The Morgan fingerprint density at radius 3 is 2.90 bits per heavy atom. The van der Waals surface area contributed by atoms with Gasteiger partial charge in [0, 0.05) is 13.1 Å². The highest BCUT2D eigenvalue weighted by atomic mass is 16.5. The molecule has 2 heterocycles. The second kappa shape index (κ2) is 6.10. The first-order valence-electron chi connectivity index (χ1n) is 6.68. The van der Waals surface area contributed by atoms with E-state index in [1.807, 2.05) is 6.92 Å². The van der Waals surface area contributed by atoms with Crippen molar-refractivity contribution in [3.05, 3.63) is 20.8 Å². The molecular weight excluding hydrogens is 264 g/mol. The summed E-state index contributed by atoms with van der Waals surface area (Å²) in [6, 6.07) is -0.334. The van der Waals surface area contributed by atoms with Gasteiger partial charge >= 0.3 is 5.69 Å². The summed E-state index contributed by atoms with van der Waals surface area (Å²) in [5.41, 5.74) is 5.20. The Morgan fingerprint density at radius 2 is 2.25 bits per heavy atom. The maximum atomic E-state index is 12.1. The van der Waals surface area contributed by atoms with Crippen molar-refractivity contribution in [1.82, 2.24) is 9.55 Å². The Kier molecular flexibility index (Phi) is 4.46. The SMILES string of the molecule is CCCn1c(N)c(N2CCOCC2CO)c(=O)[nH]c1=O. The summed E-state index contributed by atoms with van der Waals surface area (Å²) in [7, 11) is 0. The summed E-state index contributed by atoms with van der Waals surface area (Å²) in [5, 5.41) is 9.39. The summed E-state index contributed by atoms with van der Waals surface area (Å²) in [4.78, 5) is 27.8. The molecule has 8 heteroatoms. The third-order valence-corrected chi connectivity index (χ3v) is 3.39. The molecule has 1 aliphatic heterocycles. The number of anilines is 2. The van der Waals surface area contributed by atoms with Crippen LogP contribution in [0, 0.1) is 0 Å². The van der Waals surface area contributed by atoms with E-state index in [0.717, 1.165) is 6.42 Å². The van der Waals surface area contributed by atoms with Gasteiger partial charge in [-0.05, 0) is 6.42 Å². The van der Waals surface area contributed by atoms with Gasteiger partial charge in [-0.3, -0.25) is 14.3 Å². The van der Waals surface area contributed by atoms with Crippen LogP contribution >= 0.6 is 0 Å². The van der Waals surface area contributed by atoms with Crippen LogP contribution in [0.15, 0.2) is 9.59 Å². The van der Waals surface area contributed by atoms with E-state index in [0.29, 0.717) is 26.3 Å². The van der Waals surface area contributed by atoms with Crippen LogP contribution in [-0.4, -0.2) is 47.1 Å². The van der Waals surface area contributed by atoms with Gasteiger partial charge in [0.15, 0.2) is 0 Å². The fraction of sp³-hybridized carbons (Fsp3) is 0.667. The number of hydrogen-bond donors (Lipinski definition) is 3. The number of aliphatic hydroxyl groups excluding tert-OH is 1. The molecule has 1 atom stereocenters. The minimum absolute atomic E-state index is 0.140. The van der Waals surface area contributed by atoms with Gasteiger partial charge in [-0.1, -0.05) is 6.92 Å². The minimum Gasteiger partial charge on any atom is -0.394 e. The molecule has 112 valence electrons. The molecule has 0 aliphatic carbocycles. The van der Waals surface area contributed by atoms with Crippen LogP contribution in [0.2, 0.25) is 0 Å². The average molecular weight is 284 g/mol. The standard InChI is InChI=1S/C12H20N4O4/c1-2-3-16-10(13)9(11(18)14-12(16)19)15-4-5-20-7-8(15)6-17/h8,17H,2-7,13H2,1H3,(H,14,18,19). The quantitative estimate of drug-likeness (QED) is 0.635. The number of nitrogen functional groups attached to an aromatic ring is 1. The van der Waals surface area contributed by atoms with E-state index < -0.39 is 11.2 Å². The number of hydrogen-bond acceptors (Lipinski definition) is 6. The van der Waals surface area contributed by atoms with Gasteiger partial charge in [-0.15, -0.1) is 0 Å². The average Bonchev–Trinajstić information content (AvgIpc) is 2.44. The zero-order valence-electron chi connectivity index (χ0n) is 11.5. The van der Waals surface area contributed by atoms with E-state index in [4.69, 9.17) is 10.5 Å². The first-order chi connectivity index (χ1) is 9.60. The van der Waals surface area contributed by atoms with Crippen LogP contribution in [0.5, 0.6) is 0 Å². The van der Waals surface area contributed by atoms with Crippen molar-refractivity contribution >= 4 is 11.5 Å². The molecule has 0 amide bonds. The zero-order chi connectivity index (χ0) is 14.7. The molecule has 8 nitrogen and oxygen atoms in total. The number of ether oxygens (including phenoxy) is 1. The van der Waals surface area contributed by atoms with Gasteiger partial charge in [-0.2, -0.15) is 0 Å². The largest absolute Gasteiger partial charge is 0.394 e. The van der Waals surface area contributed by atoms with Gasteiger partial charge in [0.1, 0.15) is 11.5 Å². The Labute approximate surface area is 115 Å². The molecule has 2 rings (SSSR count). The third-order valence-electron chi connectivity index (χ3n) is 3.39. The summed E-state index contributed by atoms with van der Waals surface area (Å²) in [6.45, 7) is 3.42. The molecule has 0 radical (unpaired) electrons. The molecule has 20 heavy (non-hydrogen) atoms. The predicted molar refractivity (Wildman–Crippen MR) is 75.1 cm³/mol. The van der Waals surface area contributed by atoms with Crippen molar-refractivity contribution in [2.24, 2.45) is 0 Å². The Balaban J connectivity index is 2.52. The van der Waals surface area contributed by atoms with Crippen molar-refractivity contribution in [1.29, 1.82) is 0 Å². The van der Waals surface area contributed by atoms with E-state index in [1.165, 1.54) is 4.57 Å². The van der Waals surface area contributed by atoms with Crippen molar-refractivity contribution < 1.29 is 9.84 Å². The smallest absolute Gasteiger partial charge is 0.330 e. The Bertz CT molecular complexity index is 580. The van der Waals surface area contributed by atoms with E-state index in [-0.39, 0.29) is 24.2 Å². The number of nitrogens with one attached hydrogen (secondary N) is 1. The molecule has 0 spiro atoms. The highest BCUT2D eigenvalue weighted by Gasteiger charge is 2.27. The highest BCUT2D eigenvalue weighted by molar-refractivity contribution is 5.63. The number of aromatic amines is 1. The van der Waals surface area contributed by atoms with Gasteiger partial charge in [0.25, 0.3) is 5.56 Å². The lowest BCUT2D eigenvalue weighted by atomic mass is 10.2. The molecule has 1 aromatic heterocycles. The fourth-order valence-electron chi connectivity index (χ4n) is 2.40. The summed E-state index contributed by atoms with van der Waals surface area (Å²) in [5.74, 6) is 0.140. The number of aromatic nitrogens is 2. The normalized spacial score (nSPS) is 19.3. The molecule has 1 fully saturated rings. The molecule has 1 aliphatic rings. The first-order valence-corrected chi connectivity index (χ1v) is 6.68. The monoisotopic (exact) mass is 284 g/mol. The lowest BCUT2D eigenvalue weighted by Crippen LogP contribution is -2.51. The van der Waals surface area contributed by atoms with Gasteiger partial charge in [-0.25, -0.2) is 4.79 Å². The van der Waals surface area contributed by atoms with Crippen LogP contribution in [0.3, 0.4) is 0 Å². The maximum absolute atomic E-state index is 12.1. The molecule has 4 N–H and O–H groups in total. The number of aliphatic hydroxyl groups is 1. The van der Waals surface area contributed by atoms with Crippen molar-refractivity contribution in [2.45, 2.75) is 25.9 Å². The van der Waals surface area contributed by atoms with E-state index in [2.05, 4.69) is 4.98 Å². The van der Waals surface area contributed by atoms with E-state index in [1.54, 1.807) is 4.90 Å². The molecule has 1 aromatic rings. The van der Waals surface area contributed by atoms with Crippen LogP contribution in [0.1, 0.15) is 13.3 Å². The van der Waals surface area contributed by atoms with Crippen molar-refractivity contribution in [3.8, 4) is 0 Å². The molecule has 0 bridgehead atoms. The number of rotatable bonds is 4. The third kappa shape index (κ3) is 2.56.